The van der Waals surface area contributed by atoms with Crippen LogP contribution >= 0.6 is 11.6 Å². The van der Waals surface area contributed by atoms with E-state index >= 15 is 0 Å². The van der Waals surface area contributed by atoms with Crippen molar-refractivity contribution in [1.29, 1.82) is 0 Å². The Hall–Kier alpha value is -1.88. The fraction of sp³-hybridized carbons (Fsp3) is 0.308. The van der Waals surface area contributed by atoms with Gasteiger partial charge in [0.25, 0.3) is 5.91 Å². The molecule has 19 heavy (non-hydrogen) atoms. The van der Waals surface area contributed by atoms with E-state index in [1.807, 2.05) is 0 Å². The highest BCUT2D eigenvalue weighted by Gasteiger charge is 2.26. The second-order valence-electron chi connectivity index (χ2n) is 4.45. The topological polar surface area (TPSA) is 79.3 Å². The first-order valence-corrected chi connectivity index (χ1v) is 6.19. The van der Waals surface area contributed by atoms with Crippen LogP contribution in [0.2, 0.25) is 5.02 Å². The minimum absolute atomic E-state index is 0.286. The Bertz CT molecular complexity index is 557. The molecule has 0 saturated heterocycles. The van der Waals surface area contributed by atoms with Crippen LogP contribution in [0.5, 0.6) is 0 Å². The van der Waals surface area contributed by atoms with Crippen molar-refractivity contribution in [3.8, 4) is 0 Å². The van der Waals surface area contributed by atoms with E-state index in [0.717, 1.165) is 5.69 Å². The maximum absolute atomic E-state index is 12.0. The predicted molar refractivity (Wildman–Crippen MR) is 70.1 cm³/mol. The van der Waals surface area contributed by atoms with Crippen molar-refractivity contribution in [3.05, 3.63) is 40.7 Å². The zero-order valence-electron chi connectivity index (χ0n) is 10.3. The molecular formula is C13H13ClN2O3. The van der Waals surface area contributed by atoms with Crippen LogP contribution in [0.3, 0.4) is 0 Å². The zero-order chi connectivity index (χ0) is 14.0. The average Bonchev–Trinajstić information content (AvgIpc) is 2.77. The molecule has 0 aromatic carbocycles. The number of halogens is 1. The molecule has 2 rings (SSSR count). The molecule has 0 radical (unpaired) electrons. The molecule has 2 unspecified atom stereocenters. The monoisotopic (exact) mass is 280 g/mol. The first-order valence-electron chi connectivity index (χ1n) is 5.81. The Balaban J connectivity index is 2.03. The summed E-state index contributed by atoms with van der Waals surface area (Å²) < 4.78 is 0. The van der Waals surface area contributed by atoms with Crippen molar-refractivity contribution in [1.82, 2.24) is 10.3 Å². The Morgan fingerprint density at radius 1 is 1.47 bits per heavy atom. The first kappa shape index (κ1) is 13.5. The molecular weight excluding hydrogens is 268 g/mol. The van der Waals surface area contributed by atoms with Crippen molar-refractivity contribution >= 4 is 23.5 Å². The number of pyridine rings is 1. The summed E-state index contributed by atoms with van der Waals surface area (Å²) in [6.07, 6.45) is 5.05. The second kappa shape index (κ2) is 5.40. The van der Waals surface area contributed by atoms with E-state index in [9.17, 15) is 9.59 Å². The lowest BCUT2D eigenvalue weighted by Crippen LogP contribution is -2.33. The van der Waals surface area contributed by atoms with Crippen LogP contribution in [0.15, 0.2) is 24.4 Å². The lowest BCUT2D eigenvalue weighted by atomic mass is 10.1. The van der Waals surface area contributed by atoms with Gasteiger partial charge in [-0.05, 0) is 19.4 Å². The molecule has 100 valence electrons. The van der Waals surface area contributed by atoms with Gasteiger partial charge in [0.15, 0.2) is 0 Å². The van der Waals surface area contributed by atoms with Crippen LogP contribution < -0.4 is 5.32 Å². The van der Waals surface area contributed by atoms with Crippen molar-refractivity contribution in [2.45, 2.75) is 19.4 Å². The molecule has 6 heteroatoms. The highest BCUT2D eigenvalue weighted by molar-refractivity contribution is 6.33. The summed E-state index contributed by atoms with van der Waals surface area (Å²) in [6.45, 7) is 1.78. The first-order chi connectivity index (χ1) is 8.97. The Labute approximate surface area is 115 Å². The number of carboxylic acid groups (broad SMARTS) is 1. The van der Waals surface area contributed by atoms with Gasteiger partial charge >= 0.3 is 5.97 Å². The largest absolute Gasteiger partial charge is 0.481 e. The highest BCUT2D eigenvalue weighted by atomic mass is 35.5. The van der Waals surface area contributed by atoms with E-state index in [1.54, 1.807) is 25.1 Å². The van der Waals surface area contributed by atoms with Crippen LogP contribution in [0.4, 0.5) is 0 Å². The minimum atomic E-state index is -0.886. The molecule has 0 bridgehead atoms. The van der Waals surface area contributed by atoms with Crippen molar-refractivity contribution in [2.24, 2.45) is 5.92 Å². The van der Waals surface area contributed by atoms with Crippen LogP contribution in [-0.4, -0.2) is 28.0 Å². The van der Waals surface area contributed by atoms with E-state index < -0.39 is 11.9 Å². The number of nitrogens with zero attached hydrogens (tertiary/aromatic N) is 1. The molecule has 1 aliphatic rings. The van der Waals surface area contributed by atoms with E-state index in [0.29, 0.717) is 17.0 Å². The fourth-order valence-corrected chi connectivity index (χ4v) is 2.22. The van der Waals surface area contributed by atoms with Crippen molar-refractivity contribution in [2.75, 3.05) is 0 Å². The normalized spacial score (nSPS) is 21.4. The summed E-state index contributed by atoms with van der Waals surface area (Å²) in [4.78, 5) is 26.8. The third kappa shape index (κ3) is 3.12. The standard InChI is InChI=1S/C13H13ClN2O3/c1-7-4-11(14)10(6-15-7)12(17)16-9-3-2-8(5-9)13(18)19/h2-4,6,8-9H,5H2,1H3,(H,16,17)(H,18,19). The number of rotatable bonds is 3. The van der Waals surface area contributed by atoms with Crippen LogP contribution in [0, 0.1) is 12.8 Å². The van der Waals surface area contributed by atoms with Gasteiger partial charge < -0.3 is 10.4 Å². The number of aryl methyl sites for hydroxylation is 1. The third-order valence-electron chi connectivity index (χ3n) is 2.95. The smallest absolute Gasteiger partial charge is 0.310 e. The number of hydrogen-bond donors (Lipinski definition) is 2. The number of amides is 1. The van der Waals surface area contributed by atoms with Gasteiger partial charge in [0.1, 0.15) is 0 Å². The zero-order valence-corrected chi connectivity index (χ0v) is 11.0. The molecule has 1 aliphatic carbocycles. The number of aliphatic carboxylic acids is 1. The maximum Gasteiger partial charge on any atom is 0.310 e. The number of carbonyl (C=O) groups is 2. The molecule has 2 atom stereocenters. The Morgan fingerprint density at radius 3 is 2.79 bits per heavy atom. The predicted octanol–water partition coefficient (Wildman–Crippen LogP) is 1.80. The Kier molecular flexibility index (Phi) is 3.85. The molecule has 5 nitrogen and oxygen atoms in total. The molecule has 0 saturated carbocycles. The molecule has 1 amide bonds. The summed E-state index contributed by atoms with van der Waals surface area (Å²) in [5.41, 5.74) is 1.02. The van der Waals surface area contributed by atoms with E-state index in [1.165, 1.54) is 6.20 Å². The lowest BCUT2D eigenvalue weighted by Gasteiger charge is -2.12. The molecule has 0 fully saturated rings. The minimum Gasteiger partial charge on any atom is -0.481 e. The highest BCUT2D eigenvalue weighted by Crippen LogP contribution is 2.20. The van der Waals surface area contributed by atoms with Gasteiger partial charge in [-0.2, -0.15) is 0 Å². The summed E-state index contributed by atoms with van der Waals surface area (Å²) in [5.74, 6) is -1.78. The Morgan fingerprint density at radius 2 is 2.21 bits per heavy atom. The second-order valence-corrected chi connectivity index (χ2v) is 4.86. The molecule has 2 N–H and O–H groups in total. The number of carbonyl (C=O) groups excluding carboxylic acids is 1. The molecule has 1 aromatic heterocycles. The van der Waals surface area contributed by atoms with Gasteiger partial charge in [-0.15, -0.1) is 0 Å². The van der Waals surface area contributed by atoms with Gasteiger partial charge in [-0.1, -0.05) is 23.8 Å². The maximum atomic E-state index is 12.0. The summed E-state index contributed by atoms with van der Waals surface area (Å²) in [7, 11) is 0. The van der Waals surface area contributed by atoms with Gasteiger partial charge in [0, 0.05) is 17.9 Å². The number of nitrogens with one attached hydrogen (secondary N) is 1. The van der Waals surface area contributed by atoms with Gasteiger partial charge in [0.2, 0.25) is 0 Å². The summed E-state index contributed by atoms with van der Waals surface area (Å²) in [5, 5.41) is 11.9. The van der Waals surface area contributed by atoms with Crippen molar-refractivity contribution in [3.63, 3.8) is 0 Å². The van der Waals surface area contributed by atoms with E-state index in [-0.39, 0.29) is 11.9 Å². The fourth-order valence-electron chi connectivity index (χ4n) is 1.93. The molecule has 1 aromatic rings. The van der Waals surface area contributed by atoms with E-state index in [4.69, 9.17) is 16.7 Å². The van der Waals surface area contributed by atoms with E-state index in [2.05, 4.69) is 10.3 Å². The summed E-state index contributed by atoms with van der Waals surface area (Å²) >= 11 is 5.98. The quantitative estimate of drug-likeness (QED) is 0.828. The van der Waals surface area contributed by atoms with Crippen LogP contribution in [-0.2, 0) is 4.79 Å². The SMILES string of the molecule is Cc1cc(Cl)c(C(=O)NC2C=CC(C(=O)O)C2)cn1. The summed E-state index contributed by atoms with van der Waals surface area (Å²) in [6, 6.07) is 1.33. The molecule has 0 spiro atoms. The molecule has 0 aliphatic heterocycles. The molecule has 1 heterocycles. The van der Waals surface area contributed by atoms with Gasteiger partial charge in [0.05, 0.1) is 16.5 Å². The number of aromatic nitrogens is 1. The number of carboxylic acids is 1. The van der Waals surface area contributed by atoms with Gasteiger partial charge in [-0.25, -0.2) is 0 Å². The van der Waals surface area contributed by atoms with Crippen LogP contribution in [0.1, 0.15) is 22.5 Å². The third-order valence-corrected chi connectivity index (χ3v) is 3.26. The van der Waals surface area contributed by atoms with Gasteiger partial charge in [-0.3, -0.25) is 14.6 Å². The number of hydrogen-bond acceptors (Lipinski definition) is 3. The van der Waals surface area contributed by atoms with Crippen LogP contribution in [0.25, 0.3) is 0 Å². The lowest BCUT2D eigenvalue weighted by molar-refractivity contribution is -0.140. The average molecular weight is 281 g/mol. The van der Waals surface area contributed by atoms with Crippen molar-refractivity contribution < 1.29 is 14.7 Å².